The first-order valence-electron chi connectivity index (χ1n) is 13.7. The van der Waals surface area contributed by atoms with Gasteiger partial charge >= 0.3 is 0 Å². The molecule has 0 aromatic heterocycles. The van der Waals surface area contributed by atoms with E-state index >= 15 is 0 Å². The van der Waals surface area contributed by atoms with Gasteiger partial charge in [0.15, 0.2) is 0 Å². The Morgan fingerprint density at radius 3 is 1.00 bits per heavy atom. The molecule has 4 aromatic rings. The second-order valence-corrected chi connectivity index (χ2v) is 10.8. The van der Waals surface area contributed by atoms with E-state index in [1.54, 1.807) is 0 Å². The lowest BCUT2D eigenvalue weighted by Gasteiger charge is -2.18. The van der Waals surface area contributed by atoms with Gasteiger partial charge in [0.05, 0.1) is 0 Å². The number of hydrogen-bond donors (Lipinski definition) is 2. The minimum atomic E-state index is -0.877. The Labute approximate surface area is 255 Å². The molecular formula is C34H36F4N4O2. The normalized spacial score (nSPS) is 10.5. The molecule has 232 valence electrons. The smallest absolute Gasteiger partial charge is 0.261 e. The molecule has 10 heteroatoms. The van der Waals surface area contributed by atoms with Crippen molar-refractivity contribution in [3.63, 3.8) is 0 Å². The third-order valence-corrected chi connectivity index (χ3v) is 6.92. The summed E-state index contributed by atoms with van der Waals surface area (Å²) in [6.45, 7) is 7.36. The molecule has 0 atom stereocenters. The molecule has 2 N–H and O–H groups in total. The third kappa shape index (κ3) is 7.75. The highest BCUT2D eigenvalue weighted by Gasteiger charge is 2.20. The molecule has 0 saturated carbocycles. The number of rotatable bonds is 6. The number of carbonyl (C=O) groups is 2. The Balaban J connectivity index is 0.000000240. The topological polar surface area (TPSA) is 64.7 Å². The summed E-state index contributed by atoms with van der Waals surface area (Å²) >= 11 is 0. The Morgan fingerprint density at radius 1 is 0.523 bits per heavy atom. The standard InChI is InChI=1S/2C17H18F2N2O/c2*1-10-8-12(21(3)4)9-11(2)16(10)20-17(22)15-13(18)6-5-7-14(15)19/h2*5-9H,1-4H3,(H,20,22). The Hall–Kier alpha value is -4.86. The molecular weight excluding hydrogens is 572 g/mol. The van der Waals surface area contributed by atoms with Crippen LogP contribution in [-0.4, -0.2) is 40.0 Å². The summed E-state index contributed by atoms with van der Waals surface area (Å²) in [6.07, 6.45) is 0. The Bertz CT molecular complexity index is 1490. The van der Waals surface area contributed by atoms with E-state index in [0.29, 0.717) is 11.4 Å². The van der Waals surface area contributed by atoms with Crippen molar-refractivity contribution in [2.75, 3.05) is 48.6 Å². The zero-order valence-corrected chi connectivity index (χ0v) is 26.0. The fourth-order valence-electron chi connectivity index (χ4n) is 4.57. The quantitative estimate of drug-likeness (QED) is 0.219. The van der Waals surface area contributed by atoms with Crippen molar-refractivity contribution in [2.45, 2.75) is 27.7 Å². The van der Waals surface area contributed by atoms with Gasteiger partial charge in [-0.1, -0.05) is 12.1 Å². The molecule has 0 heterocycles. The minimum absolute atomic E-state index is 0.568. The van der Waals surface area contributed by atoms with E-state index in [0.717, 1.165) is 57.9 Å². The van der Waals surface area contributed by atoms with E-state index in [1.807, 2.05) is 90.0 Å². The van der Waals surface area contributed by atoms with Gasteiger partial charge in [0, 0.05) is 50.9 Å². The summed E-state index contributed by atoms with van der Waals surface area (Å²) in [5, 5.41) is 5.21. The molecule has 0 bridgehead atoms. The lowest BCUT2D eigenvalue weighted by molar-refractivity contribution is 0.101. The van der Waals surface area contributed by atoms with E-state index in [2.05, 4.69) is 10.6 Å². The van der Waals surface area contributed by atoms with Crippen molar-refractivity contribution in [3.05, 3.63) is 117 Å². The molecule has 4 rings (SSSR count). The average molecular weight is 609 g/mol. The maximum absolute atomic E-state index is 13.7. The molecule has 4 aromatic carbocycles. The maximum Gasteiger partial charge on any atom is 0.261 e. The molecule has 0 saturated heterocycles. The van der Waals surface area contributed by atoms with Gasteiger partial charge in [-0.05, 0) is 98.5 Å². The molecule has 0 aliphatic carbocycles. The van der Waals surface area contributed by atoms with Gasteiger partial charge in [0.25, 0.3) is 11.8 Å². The van der Waals surface area contributed by atoms with E-state index in [4.69, 9.17) is 0 Å². The van der Waals surface area contributed by atoms with Crippen LogP contribution >= 0.6 is 0 Å². The molecule has 0 aliphatic rings. The first-order valence-corrected chi connectivity index (χ1v) is 13.7. The average Bonchev–Trinajstić information content (AvgIpc) is 2.92. The molecule has 0 unspecified atom stereocenters. The van der Waals surface area contributed by atoms with Crippen molar-refractivity contribution >= 4 is 34.6 Å². The summed E-state index contributed by atoms with van der Waals surface area (Å²) < 4.78 is 54.7. The van der Waals surface area contributed by atoms with Gasteiger partial charge in [-0.3, -0.25) is 9.59 Å². The van der Waals surface area contributed by atoms with Gasteiger partial charge in [-0.25, -0.2) is 17.6 Å². The highest BCUT2D eigenvalue weighted by Crippen LogP contribution is 2.28. The number of nitrogens with one attached hydrogen (secondary N) is 2. The van der Waals surface area contributed by atoms with Gasteiger partial charge in [0.2, 0.25) is 0 Å². The van der Waals surface area contributed by atoms with Gasteiger partial charge in [-0.2, -0.15) is 0 Å². The number of amides is 2. The molecule has 0 fully saturated rings. The summed E-state index contributed by atoms with van der Waals surface area (Å²) in [7, 11) is 7.67. The van der Waals surface area contributed by atoms with Crippen molar-refractivity contribution in [3.8, 4) is 0 Å². The fourth-order valence-corrected chi connectivity index (χ4v) is 4.57. The number of benzene rings is 4. The summed E-state index contributed by atoms with van der Waals surface area (Å²) in [5.74, 6) is -5.09. The first-order chi connectivity index (χ1) is 20.6. The number of anilines is 4. The highest BCUT2D eigenvalue weighted by atomic mass is 19.1. The molecule has 0 radical (unpaired) electrons. The highest BCUT2D eigenvalue weighted by molar-refractivity contribution is 6.06. The fraction of sp³-hybridized carbons (Fsp3) is 0.235. The van der Waals surface area contributed by atoms with E-state index in [1.165, 1.54) is 12.1 Å². The van der Waals surface area contributed by atoms with Gasteiger partial charge < -0.3 is 20.4 Å². The molecule has 0 aliphatic heterocycles. The van der Waals surface area contributed by atoms with Gasteiger partial charge in [-0.15, -0.1) is 0 Å². The number of halogens is 4. The second-order valence-electron chi connectivity index (χ2n) is 10.8. The van der Waals surface area contributed by atoms with Crippen LogP contribution in [0.15, 0.2) is 60.7 Å². The molecule has 44 heavy (non-hydrogen) atoms. The molecule has 0 spiro atoms. The predicted molar refractivity (Wildman–Crippen MR) is 169 cm³/mol. The largest absolute Gasteiger partial charge is 0.378 e. The van der Waals surface area contributed by atoms with E-state index in [9.17, 15) is 27.2 Å². The Morgan fingerprint density at radius 2 is 0.773 bits per heavy atom. The van der Waals surface area contributed by atoms with E-state index in [-0.39, 0.29) is 0 Å². The van der Waals surface area contributed by atoms with Crippen LogP contribution in [0.2, 0.25) is 0 Å². The molecule has 6 nitrogen and oxygen atoms in total. The van der Waals surface area contributed by atoms with Crippen molar-refractivity contribution in [1.82, 2.24) is 0 Å². The third-order valence-electron chi connectivity index (χ3n) is 6.92. The summed E-state index contributed by atoms with van der Waals surface area (Å²) in [4.78, 5) is 28.2. The van der Waals surface area contributed by atoms with Gasteiger partial charge in [0.1, 0.15) is 34.4 Å². The van der Waals surface area contributed by atoms with Crippen LogP contribution in [0.5, 0.6) is 0 Å². The number of nitrogens with zero attached hydrogens (tertiary/aromatic N) is 2. The van der Waals surface area contributed by atoms with Crippen molar-refractivity contribution < 1.29 is 27.2 Å². The Kier molecular flexibility index (Phi) is 10.8. The predicted octanol–water partition coefficient (Wildman–Crippen LogP) is 7.80. The number of hydrogen-bond acceptors (Lipinski definition) is 4. The SMILES string of the molecule is Cc1cc(N(C)C)cc(C)c1NC(=O)c1c(F)cccc1F.Cc1cc(N(C)C)cc(C)c1NC(=O)c1c(F)cccc1F. The zero-order valence-electron chi connectivity index (χ0n) is 26.0. The lowest BCUT2D eigenvalue weighted by atomic mass is 10.1. The van der Waals surface area contributed by atoms with Crippen LogP contribution < -0.4 is 20.4 Å². The van der Waals surface area contributed by atoms with Crippen LogP contribution in [-0.2, 0) is 0 Å². The van der Waals surface area contributed by atoms with Crippen LogP contribution in [0, 0.1) is 51.0 Å². The first kappa shape index (κ1) is 33.6. The summed E-state index contributed by atoms with van der Waals surface area (Å²) in [6, 6.07) is 14.3. The second kappa shape index (κ2) is 14.1. The lowest BCUT2D eigenvalue weighted by Crippen LogP contribution is -2.18. The molecule has 2 amide bonds. The van der Waals surface area contributed by atoms with Crippen molar-refractivity contribution in [1.29, 1.82) is 0 Å². The minimum Gasteiger partial charge on any atom is -0.378 e. The maximum atomic E-state index is 13.7. The number of aryl methyl sites for hydroxylation is 4. The number of carbonyl (C=O) groups excluding carboxylic acids is 2. The van der Waals surface area contributed by atoms with Crippen LogP contribution in [0.25, 0.3) is 0 Å². The van der Waals surface area contributed by atoms with E-state index < -0.39 is 46.2 Å². The summed E-state index contributed by atoms with van der Waals surface area (Å²) in [5.41, 5.74) is 5.29. The monoisotopic (exact) mass is 608 g/mol. The van der Waals surface area contributed by atoms with Crippen molar-refractivity contribution in [2.24, 2.45) is 0 Å². The zero-order chi connectivity index (χ0) is 32.9. The van der Waals surface area contributed by atoms with Crippen LogP contribution in [0.4, 0.5) is 40.3 Å². The van der Waals surface area contributed by atoms with Crippen LogP contribution in [0.3, 0.4) is 0 Å². The van der Waals surface area contributed by atoms with Crippen LogP contribution in [0.1, 0.15) is 43.0 Å².